The fourth-order valence-corrected chi connectivity index (χ4v) is 3.47. The summed E-state index contributed by atoms with van der Waals surface area (Å²) in [5.74, 6) is -1.80. The summed E-state index contributed by atoms with van der Waals surface area (Å²) >= 11 is 0. The Morgan fingerprint density at radius 3 is 2.24 bits per heavy atom. The van der Waals surface area contributed by atoms with E-state index in [1.165, 1.54) is 6.21 Å². The number of carbonyl (C=O) groups excluding carboxylic acids is 3. The van der Waals surface area contributed by atoms with Crippen LogP contribution in [0.5, 0.6) is 5.75 Å². The summed E-state index contributed by atoms with van der Waals surface area (Å²) in [6, 6.07) is 30.7. The van der Waals surface area contributed by atoms with Crippen LogP contribution < -0.4 is 20.8 Å². The zero-order valence-corrected chi connectivity index (χ0v) is 20.7. The first-order chi connectivity index (χ1) is 18.5. The SMILES string of the molecule is Cc1ccc(NC(=O)c2ccccc2NC(=O)C(=O)N/N=C\c2ccccc2OCc2ccccc2)cc1. The quantitative estimate of drug-likeness (QED) is 0.179. The topological polar surface area (TPSA) is 109 Å². The summed E-state index contributed by atoms with van der Waals surface area (Å²) in [4.78, 5) is 37.6. The van der Waals surface area contributed by atoms with Crippen molar-refractivity contribution in [3.63, 3.8) is 0 Å². The molecule has 4 aromatic carbocycles. The third-order valence-electron chi connectivity index (χ3n) is 5.46. The summed E-state index contributed by atoms with van der Waals surface area (Å²) in [6.45, 7) is 2.32. The van der Waals surface area contributed by atoms with Gasteiger partial charge in [0.05, 0.1) is 17.5 Å². The van der Waals surface area contributed by atoms with E-state index in [1.54, 1.807) is 48.5 Å². The van der Waals surface area contributed by atoms with Crippen molar-refractivity contribution >= 4 is 35.3 Å². The summed E-state index contributed by atoms with van der Waals surface area (Å²) in [7, 11) is 0. The van der Waals surface area contributed by atoms with Gasteiger partial charge in [-0.15, -0.1) is 0 Å². The molecule has 8 heteroatoms. The van der Waals surface area contributed by atoms with Gasteiger partial charge in [-0.05, 0) is 48.9 Å². The van der Waals surface area contributed by atoms with Gasteiger partial charge in [0.15, 0.2) is 0 Å². The van der Waals surface area contributed by atoms with Gasteiger partial charge in [-0.3, -0.25) is 14.4 Å². The minimum absolute atomic E-state index is 0.195. The number of benzene rings is 4. The predicted molar refractivity (Wildman–Crippen MR) is 147 cm³/mol. The van der Waals surface area contributed by atoms with Crippen LogP contribution in [0.1, 0.15) is 27.0 Å². The van der Waals surface area contributed by atoms with Crippen LogP contribution in [0.4, 0.5) is 11.4 Å². The van der Waals surface area contributed by atoms with E-state index in [4.69, 9.17) is 4.74 Å². The minimum Gasteiger partial charge on any atom is -0.488 e. The maximum absolute atomic E-state index is 12.8. The lowest BCUT2D eigenvalue weighted by atomic mass is 10.1. The number of anilines is 2. The first kappa shape index (κ1) is 25.8. The monoisotopic (exact) mass is 506 g/mol. The lowest BCUT2D eigenvalue weighted by Gasteiger charge is -2.11. The highest BCUT2D eigenvalue weighted by Crippen LogP contribution is 2.19. The largest absolute Gasteiger partial charge is 0.488 e. The Balaban J connectivity index is 1.35. The van der Waals surface area contributed by atoms with Gasteiger partial charge in [-0.2, -0.15) is 5.10 Å². The summed E-state index contributed by atoms with van der Waals surface area (Å²) < 4.78 is 5.87. The van der Waals surface area contributed by atoms with Crippen molar-refractivity contribution in [1.29, 1.82) is 0 Å². The molecule has 0 bridgehead atoms. The lowest BCUT2D eigenvalue weighted by molar-refractivity contribution is -0.136. The zero-order valence-electron chi connectivity index (χ0n) is 20.7. The molecule has 38 heavy (non-hydrogen) atoms. The molecule has 0 heterocycles. The molecule has 4 rings (SSSR count). The van der Waals surface area contributed by atoms with Crippen molar-refractivity contribution in [2.75, 3.05) is 10.6 Å². The van der Waals surface area contributed by atoms with Crippen molar-refractivity contribution in [1.82, 2.24) is 5.43 Å². The fraction of sp³-hybridized carbons (Fsp3) is 0.0667. The molecule has 0 saturated carbocycles. The number of hydrazone groups is 1. The van der Waals surface area contributed by atoms with Crippen LogP contribution in [0.3, 0.4) is 0 Å². The van der Waals surface area contributed by atoms with Gasteiger partial charge in [0.1, 0.15) is 12.4 Å². The molecule has 0 radical (unpaired) electrons. The number of hydrogen-bond acceptors (Lipinski definition) is 5. The van der Waals surface area contributed by atoms with Gasteiger partial charge < -0.3 is 15.4 Å². The molecule has 0 unspecified atom stereocenters. The Morgan fingerprint density at radius 2 is 1.45 bits per heavy atom. The average molecular weight is 507 g/mol. The van der Waals surface area contributed by atoms with E-state index in [9.17, 15) is 14.4 Å². The Labute approximate surface area is 220 Å². The van der Waals surface area contributed by atoms with Crippen molar-refractivity contribution < 1.29 is 19.1 Å². The van der Waals surface area contributed by atoms with E-state index >= 15 is 0 Å². The van der Waals surface area contributed by atoms with Gasteiger partial charge in [-0.25, -0.2) is 5.43 Å². The number of nitrogens with zero attached hydrogens (tertiary/aromatic N) is 1. The fourth-order valence-electron chi connectivity index (χ4n) is 3.47. The molecule has 0 fully saturated rings. The molecule has 3 amide bonds. The molecule has 0 aliphatic heterocycles. The first-order valence-corrected chi connectivity index (χ1v) is 11.9. The molecule has 0 aromatic heterocycles. The molecule has 0 aliphatic rings. The second-order valence-electron chi connectivity index (χ2n) is 8.33. The summed E-state index contributed by atoms with van der Waals surface area (Å²) in [5.41, 5.74) is 5.93. The predicted octanol–water partition coefficient (Wildman–Crippen LogP) is 4.92. The number of para-hydroxylation sites is 2. The van der Waals surface area contributed by atoms with Crippen LogP contribution >= 0.6 is 0 Å². The van der Waals surface area contributed by atoms with Crippen LogP contribution in [0.2, 0.25) is 0 Å². The van der Waals surface area contributed by atoms with Gasteiger partial charge in [0.25, 0.3) is 5.91 Å². The maximum atomic E-state index is 12.8. The Hall–Kier alpha value is -5.24. The van der Waals surface area contributed by atoms with Crippen molar-refractivity contribution in [3.05, 3.63) is 125 Å². The molecular weight excluding hydrogens is 480 g/mol. The van der Waals surface area contributed by atoms with Gasteiger partial charge in [0, 0.05) is 11.3 Å². The number of ether oxygens (including phenoxy) is 1. The minimum atomic E-state index is -0.988. The molecule has 190 valence electrons. The standard InChI is InChI=1S/C30H26N4O4/c1-21-15-17-24(18-16-21)32-28(35)25-12-6-7-13-26(25)33-29(36)30(37)34-31-19-23-11-5-8-14-27(23)38-20-22-9-3-2-4-10-22/h2-19H,20H2,1H3,(H,32,35)(H,33,36)(H,34,37)/b31-19-. The number of rotatable bonds is 8. The van der Waals surface area contributed by atoms with Crippen LogP contribution in [0.25, 0.3) is 0 Å². The number of carbonyl (C=O) groups is 3. The molecule has 0 spiro atoms. The summed E-state index contributed by atoms with van der Waals surface area (Å²) in [5, 5.41) is 9.15. The van der Waals surface area contributed by atoms with Crippen LogP contribution in [-0.4, -0.2) is 23.9 Å². The zero-order chi connectivity index (χ0) is 26.7. The Morgan fingerprint density at radius 1 is 0.763 bits per heavy atom. The van der Waals surface area contributed by atoms with Crippen LogP contribution in [-0.2, 0) is 16.2 Å². The van der Waals surface area contributed by atoms with Gasteiger partial charge in [-0.1, -0.05) is 72.3 Å². The van der Waals surface area contributed by atoms with Crippen LogP contribution in [0, 0.1) is 6.92 Å². The molecule has 0 atom stereocenters. The van der Waals surface area contributed by atoms with Crippen molar-refractivity contribution in [3.8, 4) is 5.75 Å². The van der Waals surface area contributed by atoms with Gasteiger partial charge >= 0.3 is 11.8 Å². The highest BCUT2D eigenvalue weighted by Gasteiger charge is 2.18. The van der Waals surface area contributed by atoms with Gasteiger partial charge in [0.2, 0.25) is 0 Å². The normalized spacial score (nSPS) is 10.6. The molecular formula is C30H26N4O4. The van der Waals surface area contributed by atoms with E-state index in [2.05, 4.69) is 21.2 Å². The van der Waals surface area contributed by atoms with E-state index in [0.29, 0.717) is 23.6 Å². The van der Waals surface area contributed by atoms with Crippen molar-refractivity contribution in [2.45, 2.75) is 13.5 Å². The van der Waals surface area contributed by atoms with E-state index < -0.39 is 17.7 Å². The third-order valence-corrected chi connectivity index (χ3v) is 5.46. The first-order valence-electron chi connectivity index (χ1n) is 11.9. The highest BCUT2D eigenvalue weighted by molar-refractivity contribution is 6.40. The van der Waals surface area contributed by atoms with E-state index in [0.717, 1.165) is 11.1 Å². The number of aryl methyl sites for hydroxylation is 1. The molecule has 3 N–H and O–H groups in total. The smallest absolute Gasteiger partial charge is 0.329 e. The van der Waals surface area contributed by atoms with Crippen LogP contribution in [0.15, 0.2) is 108 Å². The highest BCUT2D eigenvalue weighted by atomic mass is 16.5. The maximum Gasteiger partial charge on any atom is 0.329 e. The average Bonchev–Trinajstić information content (AvgIpc) is 2.94. The molecule has 0 aliphatic carbocycles. The van der Waals surface area contributed by atoms with E-state index in [-0.39, 0.29) is 11.3 Å². The Bertz CT molecular complexity index is 1450. The molecule has 8 nitrogen and oxygen atoms in total. The second kappa shape index (κ2) is 12.6. The van der Waals surface area contributed by atoms with Crippen molar-refractivity contribution in [2.24, 2.45) is 5.10 Å². The molecule has 0 saturated heterocycles. The third kappa shape index (κ3) is 7.14. The van der Waals surface area contributed by atoms with E-state index in [1.807, 2.05) is 61.5 Å². The number of nitrogens with one attached hydrogen (secondary N) is 3. The molecule has 4 aromatic rings. The summed E-state index contributed by atoms with van der Waals surface area (Å²) in [6.07, 6.45) is 1.40. The lowest BCUT2D eigenvalue weighted by Crippen LogP contribution is -2.33. The number of hydrogen-bond donors (Lipinski definition) is 3. The number of amides is 3. The second-order valence-corrected chi connectivity index (χ2v) is 8.33. The Kier molecular flexibility index (Phi) is 8.60.